The van der Waals surface area contributed by atoms with E-state index in [0.717, 1.165) is 22.9 Å². The SMILES string of the molecule is NCCOCCOCCOCCNC(=O)c1ccc2c3ccc(C(=O)NCCOCCOCCOCCN)cc3n(CCCNC(=O)CCCCC(CS(=O)(=O)c3ccc(C(F)(F)F)cc3)OC(=O)ON3C(=O)CCC3=O)c2c1. The van der Waals surface area contributed by atoms with Gasteiger partial charge in [-0.15, -0.1) is 0 Å². The second-order valence-electron chi connectivity index (χ2n) is 17.8. The third-order valence-corrected chi connectivity index (χ3v) is 13.7. The highest BCUT2D eigenvalue weighted by Crippen LogP contribution is 2.32. The van der Waals surface area contributed by atoms with E-state index in [1.807, 2.05) is 16.7 Å². The van der Waals surface area contributed by atoms with E-state index in [4.69, 9.17) is 49.5 Å². The molecule has 0 spiro atoms. The fraction of sp³-hybridized carbons (Fsp3) is 0.538. The summed E-state index contributed by atoms with van der Waals surface area (Å²) < 4.78 is 106. The molecule has 3 aromatic carbocycles. The molecule has 79 heavy (non-hydrogen) atoms. The first-order valence-electron chi connectivity index (χ1n) is 25.9. The number of unbranched alkanes of at least 4 members (excludes halogenated alkanes) is 1. The van der Waals surface area contributed by atoms with Crippen LogP contribution in [0.2, 0.25) is 0 Å². The third kappa shape index (κ3) is 21.4. The van der Waals surface area contributed by atoms with Gasteiger partial charge in [-0.25, -0.2) is 13.2 Å². The van der Waals surface area contributed by atoms with Crippen molar-refractivity contribution >= 4 is 67.3 Å². The van der Waals surface area contributed by atoms with Crippen molar-refractivity contribution in [1.29, 1.82) is 0 Å². The number of nitrogens with two attached hydrogens (primary N) is 2. The smallest absolute Gasteiger partial charge is 0.428 e. The number of fused-ring (bicyclic) bond motifs is 3. The van der Waals surface area contributed by atoms with Crippen LogP contribution in [-0.2, 0) is 74.9 Å². The van der Waals surface area contributed by atoms with Crippen molar-refractivity contribution in [3.8, 4) is 0 Å². The molecule has 1 saturated heterocycles. The minimum absolute atomic E-state index is 0.0281. The van der Waals surface area contributed by atoms with E-state index in [1.165, 1.54) is 0 Å². The van der Waals surface area contributed by atoms with Gasteiger partial charge in [-0.3, -0.25) is 28.8 Å². The largest absolute Gasteiger partial charge is 0.534 e. The molecule has 1 aromatic heterocycles. The van der Waals surface area contributed by atoms with Crippen LogP contribution in [0.3, 0.4) is 0 Å². The Balaban J connectivity index is 1.18. The van der Waals surface area contributed by atoms with Crippen LogP contribution in [0.4, 0.5) is 18.0 Å². The molecule has 7 N–H and O–H groups in total. The number of imide groups is 1. The first-order valence-corrected chi connectivity index (χ1v) is 27.6. The van der Waals surface area contributed by atoms with Crippen molar-refractivity contribution in [1.82, 2.24) is 25.6 Å². The minimum atomic E-state index is -4.72. The van der Waals surface area contributed by atoms with Crippen molar-refractivity contribution < 1.29 is 88.4 Å². The highest BCUT2D eigenvalue weighted by atomic mass is 32.2. The zero-order valence-corrected chi connectivity index (χ0v) is 44.7. The normalized spacial score (nSPS) is 13.3. The molecule has 436 valence electrons. The molecule has 1 aliphatic rings. The molecule has 1 unspecified atom stereocenters. The van der Waals surface area contributed by atoms with Gasteiger partial charge in [0.15, 0.2) is 9.84 Å². The Morgan fingerprint density at radius 1 is 0.608 bits per heavy atom. The Kier molecular flexibility index (Phi) is 26.8. The number of halogens is 3. The molecular formula is C52H70F3N7O16S. The van der Waals surface area contributed by atoms with Gasteiger partial charge in [0.2, 0.25) is 5.91 Å². The zero-order valence-electron chi connectivity index (χ0n) is 43.9. The molecule has 2 heterocycles. The summed E-state index contributed by atoms with van der Waals surface area (Å²) in [5.41, 5.74) is 11.9. The monoisotopic (exact) mass is 1140 g/mol. The van der Waals surface area contributed by atoms with Crippen molar-refractivity contribution in [3.05, 3.63) is 77.4 Å². The number of rotatable bonds is 38. The average molecular weight is 1140 g/mol. The zero-order chi connectivity index (χ0) is 57.0. The van der Waals surface area contributed by atoms with Crippen LogP contribution in [0.15, 0.2) is 65.6 Å². The lowest BCUT2D eigenvalue weighted by atomic mass is 10.1. The predicted octanol–water partition coefficient (Wildman–Crippen LogP) is 3.42. The van der Waals surface area contributed by atoms with Gasteiger partial charge >= 0.3 is 12.3 Å². The van der Waals surface area contributed by atoms with Crippen LogP contribution >= 0.6 is 0 Å². The second-order valence-corrected chi connectivity index (χ2v) is 19.8. The molecular weight excluding hydrogens is 1070 g/mol. The summed E-state index contributed by atoms with van der Waals surface area (Å²) in [7, 11) is -4.36. The third-order valence-electron chi connectivity index (χ3n) is 11.9. The molecule has 1 aliphatic heterocycles. The predicted molar refractivity (Wildman–Crippen MR) is 279 cm³/mol. The highest BCUT2D eigenvalue weighted by Gasteiger charge is 2.35. The molecule has 1 fully saturated rings. The Bertz CT molecular complexity index is 2620. The first-order chi connectivity index (χ1) is 38.0. The molecule has 4 aromatic rings. The van der Waals surface area contributed by atoms with Gasteiger partial charge in [0.05, 0.1) is 95.5 Å². The fourth-order valence-electron chi connectivity index (χ4n) is 8.02. The number of ether oxygens (including phenoxy) is 7. The molecule has 27 heteroatoms. The average Bonchev–Trinajstić information content (AvgIpc) is 4.06. The van der Waals surface area contributed by atoms with Gasteiger partial charge in [0.1, 0.15) is 6.10 Å². The number of aryl methyl sites for hydroxylation is 1. The molecule has 1 atom stereocenters. The number of aromatic nitrogens is 1. The van der Waals surface area contributed by atoms with Crippen LogP contribution in [0, 0.1) is 0 Å². The summed E-state index contributed by atoms with van der Waals surface area (Å²) in [6.07, 6.45) is -7.59. The van der Waals surface area contributed by atoms with E-state index < -0.39 is 56.3 Å². The number of amides is 5. The summed E-state index contributed by atoms with van der Waals surface area (Å²) in [6.45, 7) is 6.36. The van der Waals surface area contributed by atoms with Gasteiger partial charge in [0.25, 0.3) is 23.6 Å². The summed E-state index contributed by atoms with van der Waals surface area (Å²) in [5.74, 6) is -3.52. The van der Waals surface area contributed by atoms with Crippen molar-refractivity contribution in [2.75, 3.05) is 118 Å². The summed E-state index contributed by atoms with van der Waals surface area (Å²) in [6, 6.07) is 13.4. The number of hydrogen-bond donors (Lipinski definition) is 5. The van der Waals surface area contributed by atoms with Crippen LogP contribution < -0.4 is 27.4 Å². The number of carbonyl (C=O) groups excluding carboxylic acids is 6. The quantitative estimate of drug-likeness (QED) is 0.0244. The molecule has 5 amide bonds. The van der Waals surface area contributed by atoms with Gasteiger partial charge in [-0.1, -0.05) is 17.2 Å². The van der Waals surface area contributed by atoms with Gasteiger partial charge in [0, 0.05) is 91.5 Å². The standard InChI is InChI=1S/C52H70F3N7O16S/c53-52(54,55)39-8-10-41(11-9-39)79(69,70)36-40(77-51(68)78-62-47(64)14-15-48(62)65)4-1-2-5-46(63)58-18-3-21-61-44-34-37(49(66)59-19-24-73-28-32-75-30-26-71-22-16-56)6-12-42(44)43-13-7-38(35-45(43)61)50(67)60-20-25-74-29-33-76-31-27-72-23-17-57/h6-13,34-35,40H,1-5,14-33,36,56-57H2,(H,58,63)(H,59,66)(H,60,67). The number of nitrogens with zero attached hydrogens (tertiary/aromatic N) is 2. The Hall–Kier alpha value is -6.30. The number of hydrogen-bond acceptors (Lipinski definition) is 18. The Morgan fingerprint density at radius 3 is 1.57 bits per heavy atom. The van der Waals surface area contributed by atoms with Gasteiger partial charge in [-0.2, -0.15) is 13.2 Å². The van der Waals surface area contributed by atoms with Crippen molar-refractivity contribution in [3.63, 3.8) is 0 Å². The first kappa shape index (κ1) is 63.5. The molecule has 0 radical (unpaired) electrons. The lowest BCUT2D eigenvalue weighted by molar-refractivity contribution is -0.178. The van der Waals surface area contributed by atoms with Gasteiger partial charge < -0.3 is 65.1 Å². The highest BCUT2D eigenvalue weighted by molar-refractivity contribution is 7.91. The molecule has 0 bridgehead atoms. The number of benzene rings is 3. The van der Waals surface area contributed by atoms with E-state index in [9.17, 15) is 50.4 Å². The number of hydroxylamine groups is 2. The molecule has 0 saturated carbocycles. The number of alkyl halides is 3. The lowest BCUT2D eigenvalue weighted by Crippen LogP contribution is -2.35. The minimum Gasteiger partial charge on any atom is -0.428 e. The number of sulfone groups is 1. The molecule has 5 rings (SSSR count). The van der Waals surface area contributed by atoms with Gasteiger partial charge in [-0.05, 0) is 74.2 Å². The topological polar surface area (TPSA) is 307 Å². The van der Waals surface area contributed by atoms with E-state index in [-0.39, 0.29) is 94.2 Å². The Labute approximate surface area is 455 Å². The van der Waals surface area contributed by atoms with Crippen LogP contribution in [-0.4, -0.2) is 178 Å². The maximum atomic E-state index is 13.4. The lowest BCUT2D eigenvalue weighted by Gasteiger charge is -2.19. The van der Waals surface area contributed by atoms with Crippen LogP contribution in [0.1, 0.15) is 71.2 Å². The van der Waals surface area contributed by atoms with Crippen LogP contribution in [0.5, 0.6) is 0 Å². The molecule has 23 nitrogen and oxygen atoms in total. The number of nitrogens with one attached hydrogen (secondary N) is 3. The maximum absolute atomic E-state index is 13.4. The number of carbonyl (C=O) groups is 6. The maximum Gasteiger partial charge on any atom is 0.534 e. The summed E-state index contributed by atoms with van der Waals surface area (Å²) in [4.78, 5) is 80.8. The van der Waals surface area contributed by atoms with E-state index >= 15 is 0 Å². The summed E-state index contributed by atoms with van der Waals surface area (Å²) in [5, 5.41) is 10.5. The Morgan fingerprint density at radius 2 is 1.09 bits per heavy atom. The second kappa shape index (κ2) is 33.3. The fourth-order valence-corrected chi connectivity index (χ4v) is 9.48. The van der Waals surface area contributed by atoms with Crippen LogP contribution in [0.25, 0.3) is 21.8 Å². The van der Waals surface area contributed by atoms with Crippen molar-refractivity contribution in [2.45, 2.75) is 68.7 Å². The van der Waals surface area contributed by atoms with E-state index in [0.29, 0.717) is 126 Å². The molecule has 0 aliphatic carbocycles. The van der Waals surface area contributed by atoms with E-state index in [1.54, 1.807) is 24.3 Å². The van der Waals surface area contributed by atoms with Crippen molar-refractivity contribution in [2.24, 2.45) is 11.5 Å². The van der Waals surface area contributed by atoms with E-state index in [2.05, 4.69) is 16.0 Å². The summed E-state index contributed by atoms with van der Waals surface area (Å²) >= 11 is 0.